The lowest BCUT2D eigenvalue weighted by molar-refractivity contribution is 0.0300. The van der Waals surface area contributed by atoms with E-state index >= 15 is 0 Å². The van der Waals surface area contributed by atoms with Crippen LogP contribution < -0.4 is 26.9 Å². The van der Waals surface area contributed by atoms with Crippen LogP contribution in [0.5, 0.6) is 0 Å². The lowest BCUT2D eigenvalue weighted by Crippen LogP contribution is -2.55. The molecule has 3 aromatic carbocycles. The zero-order chi connectivity index (χ0) is 29.2. The highest BCUT2D eigenvalue weighted by Crippen LogP contribution is 2.37. The third-order valence-electron chi connectivity index (χ3n) is 7.37. The number of nitrogens with zero attached hydrogens (tertiary/aromatic N) is 3. The van der Waals surface area contributed by atoms with Gasteiger partial charge in [0.2, 0.25) is 0 Å². The fourth-order valence-corrected chi connectivity index (χ4v) is 5.70. The highest BCUT2D eigenvalue weighted by Gasteiger charge is 2.32. The summed E-state index contributed by atoms with van der Waals surface area (Å²) in [6.45, 7) is 1.35. The van der Waals surface area contributed by atoms with Crippen LogP contribution in [0.4, 0.5) is 21.5 Å². The Balaban J connectivity index is 1.39. The molecule has 3 heterocycles. The average molecular weight is 606 g/mol. The standard InChI is InChI=1S/C30H27Cl2FN8O/c31-22-11-19(6-7-24(22)33)37-28-18(13-34)14-36-30-21(28)10-20(12-23(30)32)38-29(17-4-2-1-3-5-17)25-16-41(40-39-25)26-8-9-35-15-27(26)42/h1-7,10-12,14,16,26-27,29,35,38-40,42H,8-9,15H2,(H,36,37)/t26?,27-,29+/m1/s1. The molecule has 3 atom stereocenters. The van der Waals surface area contributed by atoms with Crippen molar-refractivity contribution in [3.05, 3.63) is 106 Å². The fraction of sp³-hybridized carbons (Fsp3) is 0.200. The first-order chi connectivity index (χ1) is 20.4. The topological polar surface area (TPSA) is 120 Å². The summed E-state index contributed by atoms with van der Waals surface area (Å²) in [5, 5.41) is 33.3. The van der Waals surface area contributed by atoms with Crippen molar-refractivity contribution in [2.45, 2.75) is 24.6 Å². The Morgan fingerprint density at radius 3 is 2.67 bits per heavy atom. The van der Waals surface area contributed by atoms with Crippen LogP contribution in [0.25, 0.3) is 10.9 Å². The Labute approximate surface area is 251 Å². The molecule has 9 nitrogen and oxygen atoms in total. The molecule has 0 amide bonds. The molecule has 0 saturated carbocycles. The van der Waals surface area contributed by atoms with Crippen molar-refractivity contribution in [1.82, 2.24) is 26.3 Å². The van der Waals surface area contributed by atoms with Crippen LogP contribution in [0, 0.1) is 17.1 Å². The van der Waals surface area contributed by atoms with Gasteiger partial charge in [-0.05, 0) is 48.9 Å². The van der Waals surface area contributed by atoms with Crippen molar-refractivity contribution in [3.8, 4) is 6.07 Å². The number of hydrazine groups is 2. The van der Waals surface area contributed by atoms with Crippen molar-refractivity contribution in [2.24, 2.45) is 0 Å². The van der Waals surface area contributed by atoms with E-state index in [9.17, 15) is 14.8 Å². The van der Waals surface area contributed by atoms with E-state index < -0.39 is 11.9 Å². The van der Waals surface area contributed by atoms with Gasteiger partial charge in [0, 0.05) is 35.7 Å². The molecule has 0 radical (unpaired) electrons. The molecule has 6 rings (SSSR count). The summed E-state index contributed by atoms with van der Waals surface area (Å²) in [6.07, 6.45) is 3.68. The number of anilines is 3. The largest absolute Gasteiger partial charge is 0.390 e. The number of pyridine rings is 1. The van der Waals surface area contributed by atoms with Gasteiger partial charge < -0.3 is 26.5 Å². The van der Waals surface area contributed by atoms with E-state index in [0.29, 0.717) is 39.5 Å². The molecule has 214 valence electrons. The first-order valence-corrected chi connectivity index (χ1v) is 14.1. The number of β-amino-alcohol motifs (C(OH)–C–C–N with tert-alkyl or cyclic N) is 1. The second kappa shape index (κ2) is 12.0. The summed E-state index contributed by atoms with van der Waals surface area (Å²) in [5.41, 5.74) is 10.7. The Bertz CT molecular complexity index is 1700. The summed E-state index contributed by atoms with van der Waals surface area (Å²) in [6, 6.07) is 19.6. The average Bonchev–Trinajstić information content (AvgIpc) is 3.48. The Kier molecular flexibility index (Phi) is 8.02. The first kappa shape index (κ1) is 28.0. The minimum absolute atomic E-state index is 0.0417. The van der Waals surface area contributed by atoms with Gasteiger partial charge in [0.05, 0.1) is 50.7 Å². The predicted octanol–water partition coefficient (Wildman–Crippen LogP) is 5.34. The maximum absolute atomic E-state index is 13.8. The van der Waals surface area contributed by atoms with Gasteiger partial charge in [-0.2, -0.15) is 5.26 Å². The van der Waals surface area contributed by atoms with Gasteiger partial charge in [0.1, 0.15) is 11.9 Å². The Morgan fingerprint density at radius 1 is 1.10 bits per heavy atom. The number of benzene rings is 3. The van der Waals surface area contributed by atoms with E-state index in [4.69, 9.17) is 23.2 Å². The summed E-state index contributed by atoms with van der Waals surface area (Å²) < 4.78 is 13.8. The van der Waals surface area contributed by atoms with Gasteiger partial charge in [-0.3, -0.25) is 9.99 Å². The van der Waals surface area contributed by atoms with E-state index in [2.05, 4.69) is 38.0 Å². The number of hydrogen-bond donors (Lipinski definition) is 6. The van der Waals surface area contributed by atoms with Crippen LogP contribution in [0.15, 0.2) is 78.8 Å². The Hall–Kier alpha value is -4.11. The molecule has 1 aromatic heterocycles. The molecule has 1 saturated heterocycles. The molecule has 2 aliphatic heterocycles. The van der Waals surface area contributed by atoms with Gasteiger partial charge in [-0.1, -0.05) is 53.5 Å². The normalized spacial score (nSPS) is 19.1. The third kappa shape index (κ3) is 5.66. The number of nitrogens with one attached hydrogen (secondary N) is 5. The number of rotatable bonds is 7. The minimum Gasteiger partial charge on any atom is -0.390 e. The zero-order valence-electron chi connectivity index (χ0n) is 22.2. The molecule has 42 heavy (non-hydrogen) atoms. The number of piperidine rings is 1. The van der Waals surface area contributed by atoms with E-state index in [1.54, 1.807) is 12.1 Å². The number of hydrogen-bond acceptors (Lipinski definition) is 9. The van der Waals surface area contributed by atoms with Crippen LogP contribution in [0.1, 0.15) is 23.6 Å². The van der Waals surface area contributed by atoms with Crippen LogP contribution in [-0.2, 0) is 0 Å². The second-order valence-corrected chi connectivity index (χ2v) is 10.9. The Morgan fingerprint density at radius 2 is 1.90 bits per heavy atom. The lowest BCUT2D eigenvalue weighted by Gasteiger charge is -2.34. The first-order valence-electron chi connectivity index (χ1n) is 13.4. The van der Waals surface area contributed by atoms with Crippen molar-refractivity contribution in [1.29, 1.82) is 5.26 Å². The maximum Gasteiger partial charge on any atom is 0.141 e. The van der Waals surface area contributed by atoms with Crippen LogP contribution in [-0.4, -0.2) is 40.3 Å². The summed E-state index contributed by atoms with van der Waals surface area (Å²) in [5.74, 6) is -0.540. The van der Waals surface area contributed by atoms with Crippen molar-refractivity contribution in [2.75, 3.05) is 23.7 Å². The molecule has 12 heteroatoms. The smallest absolute Gasteiger partial charge is 0.141 e. The van der Waals surface area contributed by atoms with Gasteiger partial charge in [0.25, 0.3) is 0 Å². The molecular formula is C30H27Cl2FN8O. The zero-order valence-corrected chi connectivity index (χ0v) is 23.7. The number of fused-ring (bicyclic) bond motifs is 1. The van der Waals surface area contributed by atoms with Crippen LogP contribution in [0.3, 0.4) is 0 Å². The molecule has 0 spiro atoms. The molecule has 6 N–H and O–H groups in total. The van der Waals surface area contributed by atoms with Crippen molar-refractivity contribution < 1.29 is 9.50 Å². The second-order valence-electron chi connectivity index (χ2n) is 10.1. The van der Waals surface area contributed by atoms with E-state index in [-0.39, 0.29) is 22.7 Å². The SMILES string of the molecule is N#Cc1cnc2c(Cl)cc(N[C@H](C3=CN(C4CCNC[C@H]4O)NN3)c3ccccc3)cc2c1Nc1ccc(F)c(Cl)c1. The van der Waals surface area contributed by atoms with E-state index in [1.165, 1.54) is 18.3 Å². The molecule has 1 unspecified atom stereocenters. The number of halogens is 3. The summed E-state index contributed by atoms with van der Waals surface area (Å²) in [4.78, 5) is 4.43. The van der Waals surface area contributed by atoms with E-state index in [0.717, 1.165) is 24.2 Å². The molecule has 0 bridgehead atoms. The quantitative estimate of drug-likeness (QED) is 0.166. The fourth-order valence-electron chi connectivity index (χ4n) is 5.26. The molecule has 2 aliphatic rings. The molecular weight excluding hydrogens is 578 g/mol. The molecule has 0 aliphatic carbocycles. The van der Waals surface area contributed by atoms with Gasteiger partial charge in [0.15, 0.2) is 0 Å². The number of aliphatic hydroxyl groups excluding tert-OH is 1. The number of aromatic nitrogens is 1. The maximum atomic E-state index is 13.8. The highest BCUT2D eigenvalue weighted by atomic mass is 35.5. The minimum atomic E-state index is -0.540. The van der Waals surface area contributed by atoms with Crippen LogP contribution >= 0.6 is 23.2 Å². The highest BCUT2D eigenvalue weighted by molar-refractivity contribution is 6.36. The third-order valence-corrected chi connectivity index (χ3v) is 7.95. The predicted molar refractivity (Wildman–Crippen MR) is 162 cm³/mol. The van der Waals surface area contributed by atoms with Gasteiger partial charge in [-0.15, -0.1) is 5.53 Å². The van der Waals surface area contributed by atoms with Gasteiger partial charge >= 0.3 is 0 Å². The van der Waals surface area contributed by atoms with E-state index in [1.807, 2.05) is 47.6 Å². The monoisotopic (exact) mass is 604 g/mol. The molecule has 1 fully saturated rings. The van der Waals surface area contributed by atoms with Crippen LogP contribution in [0.2, 0.25) is 10.0 Å². The number of nitriles is 1. The van der Waals surface area contributed by atoms with Gasteiger partial charge in [-0.25, -0.2) is 4.39 Å². The summed E-state index contributed by atoms with van der Waals surface area (Å²) >= 11 is 12.7. The number of aliphatic hydroxyl groups is 1. The van der Waals surface area contributed by atoms with Crippen molar-refractivity contribution >= 4 is 51.2 Å². The lowest BCUT2D eigenvalue weighted by atomic mass is 10.0. The molecule has 4 aromatic rings. The summed E-state index contributed by atoms with van der Waals surface area (Å²) in [7, 11) is 0. The van der Waals surface area contributed by atoms with Crippen molar-refractivity contribution in [3.63, 3.8) is 0 Å².